The Morgan fingerprint density at radius 1 is 1.35 bits per heavy atom. The summed E-state index contributed by atoms with van der Waals surface area (Å²) in [7, 11) is 3.53. The number of carbonyl (C=O) groups is 1. The number of ether oxygens (including phenoxy) is 2. The number of thiophene rings is 1. The van der Waals surface area contributed by atoms with E-state index in [1.807, 2.05) is 43.8 Å². The van der Waals surface area contributed by atoms with Gasteiger partial charge in [0.1, 0.15) is 5.75 Å². The first kappa shape index (κ1) is 22.4. The Kier molecular flexibility index (Phi) is 5.79. The summed E-state index contributed by atoms with van der Waals surface area (Å²) in [6.45, 7) is 7.26. The summed E-state index contributed by atoms with van der Waals surface area (Å²) in [5.74, 6) is 1.40. The number of methoxy groups -OCH3 is 1. The third kappa shape index (κ3) is 3.82. The van der Waals surface area contributed by atoms with E-state index in [-0.39, 0.29) is 11.4 Å². The molecule has 7 nitrogen and oxygen atoms in total. The van der Waals surface area contributed by atoms with Crippen LogP contribution in [0.15, 0.2) is 48.5 Å². The standard InChI is InChI=1S/C26H28N4O3S/c1-16(9-10-27-3)18-13-20-17(12-21(18)32-4)7-8-19-23(25(31)29-26(2)14-33-15-26)28-24(30(19)20)22-6-5-11-34-22/h5-6,9-13,27H,1,7-8,14-15H2,2-4H3,(H,29,31)/b10-9-. The molecule has 1 amide bonds. The molecule has 1 saturated heterocycles. The molecule has 0 aliphatic carbocycles. The fraction of sp³-hybridized carbons (Fsp3) is 0.308. The van der Waals surface area contributed by atoms with Crippen LogP contribution in [0.3, 0.4) is 0 Å². The Morgan fingerprint density at radius 3 is 2.82 bits per heavy atom. The zero-order valence-electron chi connectivity index (χ0n) is 19.6. The van der Waals surface area contributed by atoms with Gasteiger partial charge >= 0.3 is 0 Å². The second-order valence-electron chi connectivity index (χ2n) is 8.88. The molecule has 2 aliphatic rings. The van der Waals surface area contributed by atoms with Gasteiger partial charge in [-0.1, -0.05) is 12.6 Å². The molecule has 5 rings (SSSR count). The first-order valence-corrected chi connectivity index (χ1v) is 12.1. The van der Waals surface area contributed by atoms with Gasteiger partial charge in [0.15, 0.2) is 11.5 Å². The fourth-order valence-electron chi connectivity index (χ4n) is 4.48. The Labute approximate surface area is 203 Å². The Morgan fingerprint density at radius 2 is 2.18 bits per heavy atom. The highest BCUT2D eigenvalue weighted by molar-refractivity contribution is 7.13. The summed E-state index contributed by atoms with van der Waals surface area (Å²) in [6.07, 6.45) is 5.27. The Bertz CT molecular complexity index is 1290. The highest BCUT2D eigenvalue weighted by Crippen LogP contribution is 2.39. The number of nitrogens with one attached hydrogen (secondary N) is 2. The second-order valence-corrected chi connectivity index (χ2v) is 9.83. The highest BCUT2D eigenvalue weighted by atomic mass is 32.1. The van der Waals surface area contributed by atoms with Gasteiger partial charge in [0, 0.05) is 12.6 Å². The van der Waals surface area contributed by atoms with E-state index in [0.717, 1.165) is 51.0 Å². The number of benzene rings is 1. The van der Waals surface area contributed by atoms with Crippen LogP contribution < -0.4 is 15.4 Å². The maximum Gasteiger partial charge on any atom is 0.272 e. The van der Waals surface area contributed by atoms with Crippen LogP contribution in [0, 0.1) is 0 Å². The summed E-state index contributed by atoms with van der Waals surface area (Å²) in [6, 6.07) is 8.22. The predicted molar refractivity (Wildman–Crippen MR) is 135 cm³/mol. The number of rotatable bonds is 7. The molecule has 0 atom stereocenters. The first-order valence-electron chi connectivity index (χ1n) is 11.2. The molecule has 0 spiro atoms. The van der Waals surface area contributed by atoms with Crippen LogP contribution in [-0.2, 0) is 17.6 Å². The SMILES string of the molecule is C=C(/C=C\NC)c1cc2c(cc1OC)CCc1c(C(=O)NC3(C)COC3)nc(-c3cccs3)n1-2. The molecule has 0 saturated carbocycles. The van der Waals surface area contributed by atoms with Crippen LogP contribution in [0.2, 0.25) is 0 Å². The monoisotopic (exact) mass is 476 g/mol. The molecule has 0 unspecified atom stereocenters. The van der Waals surface area contributed by atoms with Crippen molar-refractivity contribution >= 4 is 22.8 Å². The summed E-state index contributed by atoms with van der Waals surface area (Å²) in [5, 5.41) is 8.16. The van der Waals surface area contributed by atoms with Gasteiger partial charge in [-0.3, -0.25) is 9.36 Å². The van der Waals surface area contributed by atoms with E-state index in [9.17, 15) is 4.79 Å². The fourth-order valence-corrected chi connectivity index (χ4v) is 5.18. The Hall–Kier alpha value is -3.36. The Balaban J connectivity index is 1.66. The highest BCUT2D eigenvalue weighted by Gasteiger charge is 2.37. The predicted octanol–water partition coefficient (Wildman–Crippen LogP) is 3.97. The van der Waals surface area contributed by atoms with Crippen molar-refractivity contribution in [2.45, 2.75) is 25.3 Å². The average molecular weight is 477 g/mol. The van der Waals surface area contributed by atoms with Gasteiger partial charge in [0.25, 0.3) is 5.91 Å². The molecule has 1 aromatic carbocycles. The summed E-state index contributed by atoms with van der Waals surface area (Å²) in [4.78, 5) is 19.2. The maximum absolute atomic E-state index is 13.3. The second kappa shape index (κ2) is 8.77. The third-order valence-electron chi connectivity index (χ3n) is 6.26. The molecular weight excluding hydrogens is 448 g/mol. The molecule has 2 N–H and O–H groups in total. The topological polar surface area (TPSA) is 77.4 Å². The smallest absolute Gasteiger partial charge is 0.272 e. The number of imidazole rings is 1. The van der Waals surface area contributed by atoms with E-state index < -0.39 is 0 Å². The minimum Gasteiger partial charge on any atom is -0.496 e. The lowest BCUT2D eigenvalue weighted by Crippen LogP contribution is -2.60. The molecule has 3 aromatic rings. The number of allylic oxidation sites excluding steroid dienone is 2. The largest absolute Gasteiger partial charge is 0.496 e. The lowest BCUT2D eigenvalue weighted by atomic mass is 9.95. The van der Waals surface area contributed by atoms with Crippen molar-refractivity contribution in [2.24, 2.45) is 0 Å². The summed E-state index contributed by atoms with van der Waals surface area (Å²) < 4.78 is 13.2. The quantitative estimate of drug-likeness (QED) is 0.505. The van der Waals surface area contributed by atoms with E-state index in [2.05, 4.69) is 33.9 Å². The molecule has 4 heterocycles. The van der Waals surface area contributed by atoms with Gasteiger partial charge in [-0.15, -0.1) is 11.3 Å². The van der Waals surface area contributed by atoms with Crippen molar-refractivity contribution in [1.82, 2.24) is 20.2 Å². The van der Waals surface area contributed by atoms with Gasteiger partial charge in [-0.05, 0) is 66.8 Å². The van der Waals surface area contributed by atoms with Gasteiger partial charge in [-0.25, -0.2) is 4.98 Å². The van der Waals surface area contributed by atoms with Crippen molar-refractivity contribution in [3.8, 4) is 22.1 Å². The van der Waals surface area contributed by atoms with Crippen molar-refractivity contribution in [2.75, 3.05) is 27.4 Å². The molecule has 176 valence electrons. The molecule has 0 bridgehead atoms. The lowest BCUT2D eigenvalue weighted by molar-refractivity contribution is -0.0594. The normalized spacial score (nSPS) is 15.9. The maximum atomic E-state index is 13.3. The third-order valence-corrected chi connectivity index (χ3v) is 7.12. The summed E-state index contributed by atoms with van der Waals surface area (Å²) in [5.41, 5.74) is 4.94. The molecular formula is C26H28N4O3S. The number of carbonyl (C=O) groups excluding carboxylic acids is 1. The van der Waals surface area contributed by atoms with E-state index in [0.29, 0.717) is 25.3 Å². The number of nitrogens with zero attached hydrogens (tertiary/aromatic N) is 2. The van der Waals surface area contributed by atoms with E-state index in [1.54, 1.807) is 18.4 Å². The lowest BCUT2D eigenvalue weighted by Gasteiger charge is -2.38. The van der Waals surface area contributed by atoms with E-state index in [4.69, 9.17) is 14.5 Å². The molecule has 8 heteroatoms. The zero-order chi connectivity index (χ0) is 23.9. The van der Waals surface area contributed by atoms with Crippen molar-refractivity contribution < 1.29 is 14.3 Å². The van der Waals surface area contributed by atoms with Gasteiger partial charge < -0.3 is 20.1 Å². The van der Waals surface area contributed by atoms with Crippen molar-refractivity contribution in [3.63, 3.8) is 0 Å². The molecule has 34 heavy (non-hydrogen) atoms. The van der Waals surface area contributed by atoms with Crippen LogP contribution in [0.1, 0.15) is 34.2 Å². The number of hydrogen-bond donors (Lipinski definition) is 2. The van der Waals surface area contributed by atoms with Crippen LogP contribution in [0.25, 0.3) is 22.0 Å². The minimum absolute atomic E-state index is 0.157. The number of amides is 1. The first-order chi connectivity index (χ1) is 16.4. The molecule has 2 aromatic heterocycles. The number of aromatic nitrogens is 2. The van der Waals surface area contributed by atoms with Crippen molar-refractivity contribution in [3.05, 3.63) is 71.0 Å². The van der Waals surface area contributed by atoms with Crippen LogP contribution in [0.5, 0.6) is 5.75 Å². The van der Waals surface area contributed by atoms with Crippen LogP contribution in [-0.4, -0.2) is 48.4 Å². The molecule has 0 radical (unpaired) electrons. The van der Waals surface area contributed by atoms with Crippen LogP contribution in [0.4, 0.5) is 0 Å². The van der Waals surface area contributed by atoms with Gasteiger partial charge in [0.2, 0.25) is 0 Å². The minimum atomic E-state index is -0.346. The van der Waals surface area contributed by atoms with Gasteiger partial charge in [-0.2, -0.15) is 0 Å². The number of fused-ring (bicyclic) bond motifs is 3. The summed E-state index contributed by atoms with van der Waals surface area (Å²) >= 11 is 1.61. The van der Waals surface area contributed by atoms with E-state index in [1.165, 1.54) is 0 Å². The zero-order valence-corrected chi connectivity index (χ0v) is 20.4. The van der Waals surface area contributed by atoms with Crippen LogP contribution >= 0.6 is 11.3 Å². The molecule has 2 aliphatic heterocycles. The average Bonchev–Trinajstić information content (AvgIpc) is 3.48. The molecule has 1 fully saturated rings. The number of aryl methyl sites for hydroxylation is 1. The van der Waals surface area contributed by atoms with Crippen molar-refractivity contribution in [1.29, 1.82) is 0 Å². The van der Waals surface area contributed by atoms with E-state index >= 15 is 0 Å². The van der Waals surface area contributed by atoms with Gasteiger partial charge in [0.05, 0.1) is 42.1 Å². The number of hydrogen-bond acceptors (Lipinski definition) is 6.